The Bertz CT molecular complexity index is 1110. The maximum atomic E-state index is 14.0. The molecule has 1 aromatic carbocycles. The molecule has 1 aliphatic heterocycles. The first-order valence-electron chi connectivity index (χ1n) is 9.57. The van der Waals surface area contributed by atoms with Crippen LogP contribution in [0.5, 0.6) is 0 Å². The predicted octanol–water partition coefficient (Wildman–Crippen LogP) is 3.29. The highest BCUT2D eigenvalue weighted by atomic mass is 32.1. The van der Waals surface area contributed by atoms with Gasteiger partial charge in [0.25, 0.3) is 5.91 Å². The number of nitrogens with zero attached hydrogens (tertiary/aromatic N) is 2. The van der Waals surface area contributed by atoms with E-state index < -0.39 is 11.6 Å². The molecule has 2 aromatic heterocycles. The summed E-state index contributed by atoms with van der Waals surface area (Å²) < 4.78 is 27.4. The minimum Gasteiger partial charge on any atom is -0.396 e. The fourth-order valence-corrected chi connectivity index (χ4v) is 4.72. The van der Waals surface area contributed by atoms with Gasteiger partial charge in [-0.2, -0.15) is 0 Å². The topological polar surface area (TPSA) is 81.2 Å². The van der Waals surface area contributed by atoms with Crippen molar-refractivity contribution < 1.29 is 18.7 Å². The molecule has 152 valence electrons. The van der Waals surface area contributed by atoms with E-state index in [0.29, 0.717) is 31.6 Å². The van der Waals surface area contributed by atoms with Gasteiger partial charge in [-0.15, -0.1) is 0 Å². The standard InChI is InChI=1S/C20H20F2N4O2S/c21-12-1-2-13-11(17(12)22)7-15(24-13)18(28)26-6-3-14-16(8-26)29-19(25-14)23-9-20(10-27)4-5-20/h1-2,7,24,27H,3-6,8-10H2,(H,23,25). The summed E-state index contributed by atoms with van der Waals surface area (Å²) in [6, 6.07) is 3.85. The van der Waals surface area contributed by atoms with Crippen molar-refractivity contribution >= 4 is 33.3 Å². The van der Waals surface area contributed by atoms with Crippen LogP contribution in [0.4, 0.5) is 13.9 Å². The van der Waals surface area contributed by atoms with E-state index in [-0.39, 0.29) is 29.0 Å². The van der Waals surface area contributed by atoms with Crippen LogP contribution < -0.4 is 5.32 Å². The van der Waals surface area contributed by atoms with Crippen molar-refractivity contribution in [1.82, 2.24) is 14.9 Å². The molecule has 0 atom stereocenters. The smallest absolute Gasteiger partial charge is 0.270 e. The van der Waals surface area contributed by atoms with Gasteiger partial charge in [0, 0.05) is 40.7 Å². The van der Waals surface area contributed by atoms with Crippen LogP contribution in [0.2, 0.25) is 0 Å². The minimum atomic E-state index is -0.951. The quantitative estimate of drug-likeness (QED) is 0.594. The van der Waals surface area contributed by atoms with Gasteiger partial charge in [0.05, 0.1) is 18.8 Å². The normalized spacial score (nSPS) is 17.4. The number of halogens is 2. The van der Waals surface area contributed by atoms with Crippen LogP contribution in [-0.2, 0) is 13.0 Å². The number of aromatic nitrogens is 2. The van der Waals surface area contributed by atoms with Gasteiger partial charge < -0.3 is 20.3 Å². The van der Waals surface area contributed by atoms with Crippen molar-refractivity contribution in [3.8, 4) is 0 Å². The highest BCUT2D eigenvalue weighted by Gasteiger charge is 2.42. The summed E-state index contributed by atoms with van der Waals surface area (Å²) in [6.45, 7) is 1.84. The average molecular weight is 418 g/mol. The monoisotopic (exact) mass is 418 g/mol. The fourth-order valence-electron chi connectivity index (χ4n) is 3.70. The van der Waals surface area contributed by atoms with Gasteiger partial charge in [0.1, 0.15) is 5.69 Å². The number of carbonyl (C=O) groups excluding carboxylic acids is 1. The molecule has 1 saturated carbocycles. The second-order valence-corrected chi connectivity index (χ2v) is 8.97. The number of aromatic amines is 1. The molecular formula is C20H20F2N4O2S. The van der Waals surface area contributed by atoms with Crippen molar-refractivity contribution in [2.75, 3.05) is 25.0 Å². The molecule has 1 fully saturated rings. The van der Waals surface area contributed by atoms with E-state index >= 15 is 0 Å². The third-order valence-electron chi connectivity index (χ3n) is 5.85. The average Bonchev–Trinajstić information content (AvgIpc) is 3.19. The summed E-state index contributed by atoms with van der Waals surface area (Å²) >= 11 is 1.52. The minimum absolute atomic E-state index is 0.00144. The lowest BCUT2D eigenvalue weighted by molar-refractivity contribution is 0.0731. The van der Waals surface area contributed by atoms with Gasteiger partial charge in [0.15, 0.2) is 16.8 Å². The summed E-state index contributed by atoms with van der Waals surface area (Å²) in [5.41, 5.74) is 1.63. The van der Waals surface area contributed by atoms with Crippen LogP contribution in [-0.4, -0.2) is 45.6 Å². The number of fused-ring (bicyclic) bond motifs is 2. The maximum absolute atomic E-state index is 14.0. The zero-order chi connectivity index (χ0) is 20.2. The molecule has 3 aromatic rings. The number of aliphatic hydroxyl groups is 1. The molecule has 6 nitrogen and oxygen atoms in total. The summed E-state index contributed by atoms with van der Waals surface area (Å²) in [5.74, 6) is -2.13. The molecule has 3 N–H and O–H groups in total. The number of carbonyl (C=O) groups is 1. The zero-order valence-electron chi connectivity index (χ0n) is 15.6. The Morgan fingerprint density at radius 3 is 2.97 bits per heavy atom. The van der Waals surface area contributed by atoms with Crippen molar-refractivity contribution in [2.24, 2.45) is 5.41 Å². The number of amides is 1. The number of rotatable bonds is 5. The van der Waals surface area contributed by atoms with Gasteiger partial charge in [-0.05, 0) is 31.0 Å². The molecule has 0 saturated heterocycles. The SMILES string of the molecule is O=C(c1cc2c(F)c(F)ccc2[nH]1)N1CCc2nc(NCC3(CO)CC3)sc2C1. The van der Waals surface area contributed by atoms with E-state index in [9.17, 15) is 18.7 Å². The Kier molecular flexibility index (Phi) is 4.32. The Labute approximate surface area is 169 Å². The van der Waals surface area contributed by atoms with Crippen LogP contribution in [0, 0.1) is 17.0 Å². The number of H-pyrrole nitrogens is 1. The maximum Gasteiger partial charge on any atom is 0.270 e. The lowest BCUT2D eigenvalue weighted by Gasteiger charge is -2.25. The fraction of sp³-hybridized carbons (Fsp3) is 0.400. The number of hydrogen-bond donors (Lipinski definition) is 3. The molecule has 1 aliphatic carbocycles. The Morgan fingerprint density at radius 2 is 2.21 bits per heavy atom. The van der Waals surface area contributed by atoms with Crippen LogP contribution in [0.1, 0.15) is 33.9 Å². The van der Waals surface area contributed by atoms with Gasteiger partial charge >= 0.3 is 0 Å². The molecule has 0 spiro atoms. The Morgan fingerprint density at radius 1 is 1.38 bits per heavy atom. The van der Waals surface area contributed by atoms with E-state index in [1.165, 1.54) is 23.5 Å². The Balaban J connectivity index is 1.31. The third-order valence-corrected chi connectivity index (χ3v) is 6.89. The van der Waals surface area contributed by atoms with Crippen LogP contribution in [0.25, 0.3) is 10.9 Å². The molecule has 2 aliphatic rings. The zero-order valence-corrected chi connectivity index (χ0v) is 16.4. The van der Waals surface area contributed by atoms with E-state index in [2.05, 4.69) is 15.3 Å². The number of aliphatic hydroxyl groups excluding tert-OH is 1. The number of benzene rings is 1. The second kappa shape index (κ2) is 6.77. The summed E-state index contributed by atoms with van der Waals surface area (Å²) in [5, 5.41) is 13.6. The highest BCUT2D eigenvalue weighted by molar-refractivity contribution is 7.15. The van der Waals surface area contributed by atoms with E-state index in [1.807, 2.05) is 0 Å². The molecule has 1 amide bonds. The first-order valence-corrected chi connectivity index (χ1v) is 10.4. The number of thiazole rings is 1. The summed E-state index contributed by atoms with van der Waals surface area (Å²) in [7, 11) is 0. The van der Waals surface area contributed by atoms with Gasteiger partial charge in [-0.25, -0.2) is 13.8 Å². The van der Waals surface area contributed by atoms with E-state index in [0.717, 1.165) is 34.6 Å². The summed E-state index contributed by atoms with van der Waals surface area (Å²) in [4.78, 5) is 23.1. The van der Waals surface area contributed by atoms with Crippen LogP contribution >= 0.6 is 11.3 Å². The molecule has 0 radical (unpaired) electrons. The largest absolute Gasteiger partial charge is 0.396 e. The Hall–Kier alpha value is -2.52. The number of hydrogen-bond acceptors (Lipinski definition) is 5. The van der Waals surface area contributed by atoms with E-state index in [4.69, 9.17) is 0 Å². The van der Waals surface area contributed by atoms with Crippen molar-refractivity contribution in [3.05, 3.63) is 46.1 Å². The number of anilines is 1. The summed E-state index contributed by atoms with van der Waals surface area (Å²) in [6.07, 6.45) is 2.70. The first kappa shape index (κ1) is 18.5. The van der Waals surface area contributed by atoms with E-state index in [1.54, 1.807) is 4.90 Å². The molecule has 3 heterocycles. The van der Waals surface area contributed by atoms with Crippen LogP contribution in [0.3, 0.4) is 0 Å². The molecular weight excluding hydrogens is 398 g/mol. The molecule has 0 bridgehead atoms. The lowest BCUT2D eigenvalue weighted by Crippen LogP contribution is -2.35. The molecule has 5 rings (SSSR count). The predicted molar refractivity (Wildman–Crippen MR) is 106 cm³/mol. The molecule has 0 unspecified atom stereocenters. The van der Waals surface area contributed by atoms with Crippen molar-refractivity contribution in [1.29, 1.82) is 0 Å². The highest BCUT2D eigenvalue weighted by Crippen LogP contribution is 2.45. The van der Waals surface area contributed by atoms with Gasteiger partial charge in [-0.1, -0.05) is 11.3 Å². The first-order chi connectivity index (χ1) is 14.0. The van der Waals surface area contributed by atoms with Crippen molar-refractivity contribution in [3.63, 3.8) is 0 Å². The van der Waals surface area contributed by atoms with Gasteiger partial charge in [0.2, 0.25) is 0 Å². The molecule has 9 heteroatoms. The van der Waals surface area contributed by atoms with Crippen molar-refractivity contribution in [2.45, 2.75) is 25.8 Å². The third kappa shape index (κ3) is 3.28. The lowest BCUT2D eigenvalue weighted by atomic mass is 10.1. The van der Waals surface area contributed by atoms with Crippen LogP contribution in [0.15, 0.2) is 18.2 Å². The second-order valence-electron chi connectivity index (χ2n) is 7.88. The molecule has 29 heavy (non-hydrogen) atoms. The number of nitrogens with one attached hydrogen (secondary N) is 2. The van der Waals surface area contributed by atoms with Gasteiger partial charge in [-0.3, -0.25) is 4.79 Å².